The van der Waals surface area contributed by atoms with Crippen LogP contribution in [0.1, 0.15) is 29.0 Å². The van der Waals surface area contributed by atoms with Crippen LogP contribution in [0.25, 0.3) is 0 Å². The fourth-order valence-electron chi connectivity index (χ4n) is 2.08. The molecule has 0 aromatic carbocycles. The fraction of sp³-hybridized carbons (Fsp3) is 0.529. The van der Waals surface area contributed by atoms with E-state index in [9.17, 15) is 0 Å². The monoisotopic (exact) mass is 478 g/mol. The Morgan fingerprint density at radius 2 is 2.20 bits per heavy atom. The normalized spacial score (nSPS) is 11.2. The van der Waals surface area contributed by atoms with Gasteiger partial charge in [-0.2, -0.15) is 0 Å². The minimum atomic E-state index is 0. The first-order chi connectivity index (χ1) is 11.8. The van der Waals surface area contributed by atoms with Crippen LogP contribution in [0.15, 0.2) is 34.0 Å². The van der Waals surface area contributed by atoms with Crippen molar-refractivity contribution < 1.29 is 9.15 Å². The molecule has 0 amide bonds. The van der Waals surface area contributed by atoms with E-state index < -0.39 is 0 Å². The first-order valence-corrected chi connectivity index (χ1v) is 9.11. The van der Waals surface area contributed by atoms with E-state index in [0.29, 0.717) is 13.2 Å². The average molecular weight is 478 g/mol. The Balaban J connectivity index is 0.00000312. The lowest BCUT2D eigenvalue weighted by atomic mass is 10.4. The Hall–Kier alpha value is -1.13. The number of ether oxygens (including phenoxy) is 1. The number of hydrogen-bond acceptors (Lipinski definition) is 5. The van der Waals surface area contributed by atoms with Crippen molar-refractivity contribution in [1.82, 2.24) is 15.6 Å². The number of furan rings is 1. The van der Waals surface area contributed by atoms with Crippen LogP contribution in [0.3, 0.4) is 0 Å². The highest BCUT2D eigenvalue weighted by Crippen LogP contribution is 2.13. The SMILES string of the molecule is CCc1cnc(CCNC(=NC)NCCCOCc2ccco2)s1.I. The van der Waals surface area contributed by atoms with E-state index in [1.54, 1.807) is 24.6 Å². The second-order valence-electron chi connectivity index (χ2n) is 5.24. The van der Waals surface area contributed by atoms with Gasteiger partial charge in [-0.15, -0.1) is 35.3 Å². The largest absolute Gasteiger partial charge is 0.467 e. The lowest BCUT2D eigenvalue weighted by Gasteiger charge is -2.11. The fourth-order valence-corrected chi connectivity index (χ4v) is 2.95. The highest BCUT2D eigenvalue weighted by molar-refractivity contribution is 14.0. The Bertz CT molecular complexity index is 602. The predicted octanol–water partition coefficient (Wildman–Crippen LogP) is 3.23. The molecule has 2 aromatic heterocycles. The van der Waals surface area contributed by atoms with Crippen LogP contribution in [0.5, 0.6) is 0 Å². The Labute approximate surface area is 170 Å². The first-order valence-electron chi connectivity index (χ1n) is 8.30. The lowest BCUT2D eigenvalue weighted by molar-refractivity contribution is 0.105. The Morgan fingerprint density at radius 1 is 1.36 bits per heavy atom. The minimum absolute atomic E-state index is 0. The molecule has 0 fully saturated rings. The van der Waals surface area contributed by atoms with Crippen LogP contribution in [0.4, 0.5) is 0 Å². The molecular formula is C17H27IN4O2S. The second-order valence-corrected chi connectivity index (χ2v) is 6.43. The third-order valence-corrected chi connectivity index (χ3v) is 4.59. The standard InChI is InChI=1S/C17H26N4O2S.HI/c1-3-15-12-21-16(24-15)7-9-20-17(18-2)19-8-5-10-22-13-14-6-4-11-23-14;/h4,6,11-12H,3,5,7-10,13H2,1-2H3,(H2,18,19,20);1H. The van der Waals surface area contributed by atoms with E-state index in [0.717, 1.165) is 44.1 Å². The van der Waals surface area contributed by atoms with Gasteiger partial charge in [0.2, 0.25) is 0 Å². The summed E-state index contributed by atoms with van der Waals surface area (Å²) in [6.45, 7) is 5.00. The summed E-state index contributed by atoms with van der Waals surface area (Å²) < 4.78 is 10.8. The van der Waals surface area contributed by atoms with Gasteiger partial charge in [-0.05, 0) is 25.0 Å². The topological polar surface area (TPSA) is 71.7 Å². The molecule has 0 radical (unpaired) electrons. The molecule has 0 aliphatic carbocycles. The molecule has 8 heteroatoms. The van der Waals surface area contributed by atoms with Crippen LogP contribution in [-0.2, 0) is 24.2 Å². The van der Waals surface area contributed by atoms with Crippen molar-refractivity contribution in [3.63, 3.8) is 0 Å². The van der Waals surface area contributed by atoms with E-state index >= 15 is 0 Å². The van der Waals surface area contributed by atoms with E-state index in [2.05, 4.69) is 27.5 Å². The van der Waals surface area contributed by atoms with Gasteiger partial charge >= 0.3 is 0 Å². The number of rotatable bonds is 10. The van der Waals surface area contributed by atoms with Crippen LogP contribution >= 0.6 is 35.3 Å². The number of hydrogen-bond donors (Lipinski definition) is 2. The van der Waals surface area contributed by atoms with Crippen LogP contribution in [0.2, 0.25) is 0 Å². The third-order valence-electron chi connectivity index (χ3n) is 3.39. The van der Waals surface area contributed by atoms with Gasteiger partial charge < -0.3 is 19.8 Å². The van der Waals surface area contributed by atoms with Crippen molar-refractivity contribution in [2.75, 3.05) is 26.7 Å². The number of aromatic nitrogens is 1. The van der Waals surface area contributed by atoms with Gasteiger partial charge in [-0.1, -0.05) is 6.92 Å². The van der Waals surface area contributed by atoms with Gasteiger partial charge in [-0.3, -0.25) is 4.99 Å². The molecular weight excluding hydrogens is 451 g/mol. The summed E-state index contributed by atoms with van der Waals surface area (Å²) in [6.07, 6.45) is 6.50. The molecule has 0 saturated heterocycles. The van der Waals surface area contributed by atoms with E-state index in [-0.39, 0.29) is 24.0 Å². The number of guanidine groups is 1. The number of aliphatic imine (C=N–C) groups is 1. The van der Waals surface area contributed by atoms with E-state index in [4.69, 9.17) is 9.15 Å². The van der Waals surface area contributed by atoms with Crippen molar-refractivity contribution in [2.24, 2.45) is 4.99 Å². The van der Waals surface area contributed by atoms with Gasteiger partial charge in [0.05, 0.1) is 11.3 Å². The summed E-state index contributed by atoms with van der Waals surface area (Å²) in [4.78, 5) is 9.98. The molecule has 140 valence electrons. The smallest absolute Gasteiger partial charge is 0.190 e. The maximum atomic E-state index is 5.54. The Morgan fingerprint density at radius 3 is 2.88 bits per heavy atom. The zero-order valence-electron chi connectivity index (χ0n) is 14.8. The molecule has 0 unspecified atom stereocenters. The van der Waals surface area contributed by atoms with Crippen molar-refractivity contribution >= 4 is 41.3 Å². The number of aryl methyl sites for hydroxylation is 1. The average Bonchev–Trinajstić information content (AvgIpc) is 3.27. The molecule has 0 aliphatic heterocycles. The highest BCUT2D eigenvalue weighted by Gasteiger charge is 2.02. The van der Waals surface area contributed by atoms with Crippen molar-refractivity contribution in [2.45, 2.75) is 32.8 Å². The molecule has 0 bridgehead atoms. The number of halogens is 1. The van der Waals surface area contributed by atoms with Gasteiger partial charge in [0.1, 0.15) is 12.4 Å². The molecule has 2 heterocycles. The summed E-state index contributed by atoms with van der Waals surface area (Å²) in [5.41, 5.74) is 0. The number of nitrogens with one attached hydrogen (secondary N) is 2. The minimum Gasteiger partial charge on any atom is -0.467 e. The number of thiazole rings is 1. The summed E-state index contributed by atoms with van der Waals surface area (Å²) in [6, 6.07) is 3.78. The molecule has 2 rings (SSSR count). The van der Waals surface area contributed by atoms with Crippen LogP contribution < -0.4 is 10.6 Å². The lowest BCUT2D eigenvalue weighted by Crippen LogP contribution is -2.39. The molecule has 0 aliphatic rings. The van der Waals surface area contributed by atoms with Crippen LogP contribution in [0, 0.1) is 0 Å². The molecule has 25 heavy (non-hydrogen) atoms. The molecule has 0 atom stereocenters. The summed E-state index contributed by atoms with van der Waals surface area (Å²) in [7, 11) is 1.78. The van der Waals surface area contributed by atoms with Crippen molar-refractivity contribution in [3.05, 3.63) is 40.2 Å². The third kappa shape index (κ3) is 8.68. The zero-order valence-corrected chi connectivity index (χ0v) is 17.9. The summed E-state index contributed by atoms with van der Waals surface area (Å²) in [5.74, 6) is 1.67. The Kier molecular flexibility index (Phi) is 11.5. The van der Waals surface area contributed by atoms with Crippen molar-refractivity contribution in [3.8, 4) is 0 Å². The molecule has 0 spiro atoms. The number of nitrogens with zero attached hydrogens (tertiary/aromatic N) is 2. The molecule has 2 N–H and O–H groups in total. The first kappa shape index (κ1) is 21.9. The van der Waals surface area contributed by atoms with Gasteiger partial charge in [0, 0.05) is 44.2 Å². The van der Waals surface area contributed by atoms with Gasteiger partial charge in [0.15, 0.2) is 5.96 Å². The molecule has 0 saturated carbocycles. The summed E-state index contributed by atoms with van der Waals surface area (Å²) >= 11 is 1.78. The maximum Gasteiger partial charge on any atom is 0.190 e. The molecule has 2 aromatic rings. The van der Waals surface area contributed by atoms with Crippen LogP contribution in [-0.4, -0.2) is 37.7 Å². The quantitative estimate of drug-likeness (QED) is 0.238. The summed E-state index contributed by atoms with van der Waals surface area (Å²) in [5, 5.41) is 7.76. The maximum absolute atomic E-state index is 5.54. The second kappa shape index (κ2) is 13.1. The van der Waals surface area contributed by atoms with Gasteiger partial charge in [0.25, 0.3) is 0 Å². The van der Waals surface area contributed by atoms with E-state index in [1.165, 1.54) is 9.88 Å². The van der Waals surface area contributed by atoms with E-state index in [1.807, 2.05) is 18.3 Å². The van der Waals surface area contributed by atoms with Gasteiger partial charge in [-0.25, -0.2) is 4.98 Å². The zero-order chi connectivity index (χ0) is 17.0. The highest BCUT2D eigenvalue weighted by atomic mass is 127. The molecule has 6 nitrogen and oxygen atoms in total. The van der Waals surface area contributed by atoms with Crippen molar-refractivity contribution in [1.29, 1.82) is 0 Å². The predicted molar refractivity (Wildman–Crippen MR) is 113 cm³/mol.